The summed E-state index contributed by atoms with van der Waals surface area (Å²) in [5.74, 6) is 5.16. The molecule has 2 N–H and O–H groups in total. The molecule has 2 rings (SSSR count). The Balaban J connectivity index is 1.92. The van der Waals surface area contributed by atoms with E-state index >= 15 is 0 Å². The Labute approximate surface area is 119 Å². The first-order chi connectivity index (χ1) is 9.63. The van der Waals surface area contributed by atoms with Crippen LogP contribution in [0.3, 0.4) is 0 Å². The Bertz CT molecular complexity index is 520. The molecule has 4 heteroatoms. The van der Waals surface area contributed by atoms with Gasteiger partial charge in [0.2, 0.25) is 0 Å². The average molecular weight is 272 g/mol. The van der Waals surface area contributed by atoms with E-state index in [-0.39, 0.29) is 17.9 Å². The van der Waals surface area contributed by atoms with E-state index in [0.29, 0.717) is 17.8 Å². The third-order valence-corrected chi connectivity index (χ3v) is 3.79. The molecule has 1 heterocycles. The van der Waals surface area contributed by atoms with Gasteiger partial charge in [0.05, 0.1) is 0 Å². The van der Waals surface area contributed by atoms with Crippen molar-refractivity contribution in [3.63, 3.8) is 0 Å². The zero-order valence-electron chi connectivity index (χ0n) is 11.8. The van der Waals surface area contributed by atoms with Crippen LogP contribution in [0.2, 0.25) is 0 Å². The predicted molar refractivity (Wildman–Crippen MR) is 77.1 cm³/mol. The molecule has 20 heavy (non-hydrogen) atoms. The van der Waals surface area contributed by atoms with Crippen molar-refractivity contribution in [1.29, 1.82) is 0 Å². The van der Waals surface area contributed by atoms with Gasteiger partial charge in [-0.2, -0.15) is 0 Å². The lowest BCUT2D eigenvalue weighted by atomic mass is 9.89. The van der Waals surface area contributed by atoms with Crippen molar-refractivity contribution in [1.82, 2.24) is 10.3 Å². The molecule has 0 radical (unpaired) electrons. The van der Waals surface area contributed by atoms with Crippen LogP contribution in [0.1, 0.15) is 48.7 Å². The minimum Gasteiger partial charge on any atom is -0.384 e. The summed E-state index contributed by atoms with van der Waals surface area (Å²) in [5.41, 5.74) is 1.34. The quantitative estimate of drug-likeness (QED) is 0.824. The standard InChI is InChI=1S/C16H20N2O2/c1-16(8-2-3-9-16)12-18-15(20)14-7-6-13(11-17-14)5-4-10-19/h6-7,11,19H,2-3,8-10,12H2,1H3,(H,18,20). The molecule has 4 nitrogen and oxygen atoms in total. The highest BCUT2D eigenvalue weighted by atomic mass is 16.2. The molecule has 0 aliphatic heterocycles. The summed E-state index contributed by atoms with van der Waals surface area (Å²) in [4.78, 5) is 16.1. The van der Waals surface area contributed by atoms with Gasteiger partial charge in [0, 0.05) is 18.3 Å². The van der Waals surface area contributed by atoms with Crippen molar-refractivity contribution in [2.75, 3.05) is 13.2 Å². The Kier molecular flexibility index (Phi) is 4.75. The highest BCUT2D eigenvalue weighted by Crippen LogP contribution is 2.36. The molecule has 1 aliphatic carbocycles. The fraction of sp³-hybridized carbons (Fsp3) is 0.500. The molecule has 0 bridgehead atoms. The van der Waals surface area contributed by atoms with Crippen LogP contribution in [0.4, 0.5) is 0 Å². The first-order valence-corrected chi connectivity index (χ1v) is 6.97. The number of carbonyl (C=O) groups excluding carboxylic acids is 1. The van der Waals surface area contributed by atoms with Gasteiger partial charge in [-0.1, -0.05) is 31.6 Å². The van der Waals surface area contributed by atoms with Crippen LogP contribution in [-0.2, 0) is 0 Å². The molecule has 0 aromatic carbocycles. The SMILES string of the molecule is CC1(CNC(=O)c2ccc(C#CCO)cn2)CCCC1. The molecule has 1 aromatic rings. The third kappa shape index (κ3) is 3.82. The summed E-state index contributed by atoms with van der Waals surface area (Å²) in [6, 6.07) is 3.40. The largest absolute Gasteiger partial charge is 0.384 e. The highest BCUT2D eigenvalue weighted by Gasteiger charge is 2.29. The molecule has 0 unspecified atom stereocenters. The number of carbonyl (C=O) groups is 1. The van der Waals surface area contributed by atoms with Gasteiger partial charge < -0.3 is 10.4 Å². The van der Waals surface area contributed by atoms with Crippen molar-refractivity contribution in [2.24, 2.45) is 5.41 Å². The highest BCUT2D eigenvalue weighted by molar-refractivity contribution is 5.92. The first kappa shape index (κ1) is 14.5. The molecule has 0 atom stereocenters. The van der Waals surface area contributed by atoms with Gasteiger partial charge in [-0.25, -0.2) is 4.98 Å². The van der Waals surface area contributed by atoms with Gasteiger partial charge in [-0.15, -0.1) is 0 Å². The smallest absolute Gasteiger partial charge is 0.269 e. The molecule has 1 saturated carbocycles. The van der Waals surface area contributed by atoms with Crippen LogP contribution < -0.4 is 5.32 Å². The van der Waals surface area contributed by atoms with Gasteiger partial charge in [-0.05, 0) is 30.4 Å². The number of aliphatic hydroxyl groups excluding tert-OH is 1. The molecular weight excluding hydrogens is 252 g/mol. The lowest BCUT2D eigenvalue weighted by Gasteiger charge is -2.23. The summed E-state index contributed by atoms with van der Waals surface area (Å²) in [6.45, 7) is 2.75. The first-order valence-electron chi connectivity index (χ1n) is 6.97. The Morgan fingerprint density at radius 3 is 2.80 bits per heavy atom. The van der Waals surface area contributed by atoms with Crippen molar-refractivity contribution in [3.05, 3.63) is 29.6 Å². The van der Waals surface area contributed by atoms with E-state index in [4.69, 9.17) is 5.11 Å². The van der Waals surface area contributed by atoms with E-state index < -0.39 is 0 Å². The van der Waals surface area contributed by atoms with Gasteiger partial charge in [0.15, 0.2) is 0 Å². The maximum Gasteiger partial charge on any atom is 0.269 e. The number of rotatable bonds is 3. The predicted octanol–water partition coefficient (Wildman–Crippen LogP) is 1.74. The molecule has 0 spiro atoms. The number of nitrogens with zero attached hydrogens (tertiary/aromatic N) is 1. The van der Waals surface area contributed by atoms with Gasteiger partial charge in [0.25, 0.3) is 5.91 Å². The molecular formula is C16H20N2O2. The number of pyridine rings is 1. The minimum absolute atomic E-state index is 0.139. The summed E-state index contributed by atoms with van der Waals surface area (Å²) in [7, 11) is 0. The minimum atomic E-state index is -0.180. The van der Waals surface area contributed by atoms with Gasteiger partial charge in [-0.3, -0.25) is 4.79 Å². The van der Waals surface area contributed by atoms with E-state index in [9.17, 15) is 4.79 Å². The molecule has 1 amide bonds. The topological polar surface area (TPSA) is 62.2 Å². The number of aromatic nitrogens is 1. The number of amides is 1. The maximum atomic E-state index is 12.0. The number of hydrogen-bond donors (Lipinski definition) is 2. The summed E-state index contributed by atoms with van der Waals surface area (Å²) in [5, 5.41) is 11.6. The number of aliphatic hydroxyl groups is 1. The lowest BCUT2D eigenvalue weighted by molar-refractivity contribution is 0.0929. The van der Waals surface area contributed by atoms with E-state index in [0.717, 1.165) is 0 Å². The fourth-order valence-corrected chi connectivity index (χ4v) is 2.53. The van der Waals surface area contributed by atoms with Crippen LogP contribution in [0.25, 0.3) is 0 Å². The molecule has 0 saturated heterocycles. The van der Waals surface area contributed by atoms with E-state index in [1.54, 1.807) is 18.3 Å². The second-order valence-electron chi connectivity index (χ2n) is 5.59. The molecule has 1 aromatic heterocycles. The summed E-state index contributed by atoms with van der Waals surface area (Å²) < 4.78 is 0. The molecule has 1 fully saturated rings. The van der Waals surface area contributed by atoms with Crippen LogP contribution in [-0.4, -0.2) is 29.1 Å². The van der Waals surface area contributed by atoms with Crippen molar-refractivity contribution >= 4 is 5.91 Å². The van der Waals surface area contributed by atoms with E-state index in [2.05, 4.69) is 29.1 Å². The van der Waals surface area contributed by atoms with Crippen LogP contribution in [0.15, 0.2) is 18.3 Å². The van der Waals surface area contributed by atoms with Crippen LogP contribution in [0, 0.1) is 17.3 Å². The second-order valence-corrected chi connectivity index (χ2v) is 5.59. The Morgan fingerprint density at radius 1 is 1.45 bits per heavy atom. The molecule has 1 aliphatic rings. The average Bonchev–Trinajstić information content (AvgIpc) is 2.90. The zero-order chi connectivity index (χ0) is 14.4. The molecule has 106 valence electrons. The van der Waals surface area contributed by atoms with Gasteiger partial charge in [0.1, 0.15) is 12.3 Å². The van der Waals surface area contributed by atoms with Gasteiger partial charge >= 0.3 is 0 Å². The van der Waals surface area contributed by atoms with Crippen molar-refractivity contribution in [3.8, 4) is 11.8 Å². The summed E-state index contributed by atoms with van der Waals surface area (Å²) >= 11 is 0. The summed E-state index contributed by atoms with van der Waals surface area (Å²) in [6.07, 6.45) is 6.41. The lowest BCUT2D eigenvalue weighted by Crippen LogP contribution is -2.34. The van der Waals surface area contributed by atoms with Crippen LogP contribution >= 0.6 is 0 Å². The number of hydrogen-bond acceptors (Lipinski definition) is 3. The number of nitrogens with one attached hydrogen (secondary N) is 1. The Hall–Kier alpha value is -1.86. The monoisotopic (exact) mass is 272 g/mol. The fourth-order valence-electron chi connectivity index (χ4n) is 2.53. The normalized spacial score (nSPS) is 16.3. The third-order valence-electron chi connectivity index (χ3n) is 3.79. The van der Waals surface area contributed by atoms with Crippen molar-refractivity contribution < 1.29 is 9.90 Å². The maximum absolute atomic E-state index is 12.0. The van der Waals surface area contributed by atoms with Crippen molar-refractivity contribution in [2.45, 2.75) is 32.6 Å². The van der Waals surface area contributed by atoms with E-state index in [1.165, 1.54) is 25.7 Å². The zero-order valence-corrected chi connectivity index (χ0v) is 11.8. The second kappa shape index (κ2) is 6.53. The van der Waals surface area contributed by atoms with Crippen LogP contribution in [0.5, 0.6) is 0 Å². The Morgan fingerprint density at radius 2 is 2.20 bits per heavy atom. The van der Waals surface area contributed by atoms with E-state index in [1.807, 2.05) is 0 Å².